The zero-order valence-corrected chi connectivity index (χ0v) is 8.78. The molecule has 2 N–H and O–H groups in total. The lowest BCUT2D eigenvalue weighted by molar-refractivity contribution is 0.165. The Balaban J connectivity index is 2.97. The van der Waals surface area contributed by atoms with E-state index in [1.165, 1.54) is 6.20 Å². The zero-order chi connectivity index (χ0) is 11.4. The number of aliphatic hydroxyl groups excluding tert-OH is 1. The van der Waals surface area contributed by atoms with Crippen molar-refractivity contribution in [3.63, 3.8) is 0 Å². The summed E-state index contributed by atoms with van der Waals surface area (Å²) in [5, 5.41) is 18.6. The number of hydrogen-bond acceptors (Lipinski definition) is 5. The van der Waals surface area contributed by atoms with Gasteiger partial charge < -0.3 is 14.9 Å². The van der Waals surface area contributed by atoms with Gasteiger partial charge >= 0.3 is 5.43 Å². The lowest BCUT2D eigenvalue weighted by Gasteiger charge is -2.09. The van der Waals surface area contributed by atoms with Crippen LogP contribution in [0.3, 0.4) is 0 Å². The molecule has 0 saturated heterocycles. The van der Waals surface area contributed by atoms with Gasteiger partial charge in [-0.25, -0.2) is 4.79 Å². The Morgan fingerprint density at radius 3 is 2.87 bits per heavy atom. The van der Waals surface area contributed by atoms with Gasteiger partial charge in [-0.1, -0.05) is 0 Å². The van der Waals surface area contributed by atoms with Gasteiger partial charge in [0.15, 0.2) is 0 Å². The maximum atomic E-state index is 10.4. The maximum Gasteiger partial charge on any atom is 0.404 e. The molecule has 0 bridgehead atoms. The molecule has 0 amide bonds. The number of ether oxygens (including phenoxy) is 1. The van der Waals surface area contributed by atoms with Crippen LogP contribution in [0.5, 0.6) is 5.75 Å². The first-order valence-electron chi connectivity index (χ1n) is 4.15. The number of halogens is 1. The normalized spacial score (nSPS) is 10.1. The number of aliphatic hydroxyl groups is 1. The number of nitrogens with zero attached hydrogens (tertiary/aromatic N) is 1. The number of aromatic hydroxyl groups is 1. The van der Waals surface area contributed by atoms with Crippen molar-refractivity contribution in [3.8, 4) is 5.75 Å². The summed E-state index contributed by atoms with van der Waals surface area (Å²) < 4.78 is 4.53. The second-order valence-corrected chi connectivity index (χ2v) is 3.19. The zero-order valence-electron chi connectivity index (χ0n) is 8.03. The van der Waals surface area contributed by atoms with E-state index in [4.69, 9.17) is 16.7 Å². The number of pyridine rings is 1. The summed E-state index contributed by atoms with van der Waals surface area (Å²) in [6, 6.07) is 0. The van der Waals surface area contributed by atoms with E-state index in [2.05, 4.69) is 9.72 Å². The molecular formula is C9H10ClNO4. The highest BCUT2D eigenvalue weighted by molar-refractivity contribution is 6.61. The number of hydrogen-bond donors (Lipinski definition) is 2. The average molecular weight is 232 g/mol. The van der Waals surface area contributed by atoms with Gasteiger partial charge in [0, 0.05) is 28.9 Å². The first-order chi connectivity index (χ1) is 7.06. The van der Waals surface area contributed by atoms with Crippen LogP contribution < -0.4 is 0 Å². The van der Waals surface area contributed by atoms with Gasteiger partial charge in [0.25, 0.3) is 0 Å². The van der Waals surface area contributed by atoms with Crippen LogP contribution in [0, 0.1) is 6.92 Å². The molecule has 0 aromatic carbocycles. The van der Waals surface area contributed by atoms with Crippen LogP contribution in [0.15, 0.2) is 6.20 Å². The van der Waals surface area contributed by atoms with E-state index in [1.807, 2.05) is 0 Å². The molecule has 0 atom stereocenters. The number of rotatable bonds is 3. The van der Waals surface area contributed by atoms with Crippen LogP contribution in [0.4, 0.5) is 4.79 Å². The highest BCUT2D eigenvalue weighted by Gasteiger charge is 2.11. The number of aryl methyl sites for hydroxylation is 1. The van der Waals surface area contributed by atoms with E-state index in [0.29, 0.717) is 16.8 Å². The van der Waals surface area contributed by atoms with E-state index < -0.39 is 5.43 Å². The first-order valence-corrected chi connectivity index (χ1v) is 4.53. The minimum atomic E-state index is -0.945. The van der Waals surface area contributed by atoms with Crippen LogP contribution in [-0.2, 0) is 18.0 Å². The summed E-state index contributed by atoms with van der Waals surface area (Å²) in [6.07, 6.45) is 1.42. The molecule has 0 saturated carbocycles. The number of carbonyl (C=O) groups is 1. The minimum absolute atomic E-state index is 0.0966. The van der Waals surface area contributed by atoms with Gasteiger partial charge in [0.05, 0.1) is 12.3 Å². The summed E-state index contributed by atoms with van der Waals surface area (Å²) in [4.78, 5) is 14.2. The van der Waals surface area contributed by atoms with Crippen LogP contribution in [-0.4, -0.2) is 20.6 Å². The molecule has 0 unspecified atom stereocenters. The van der Waals surface area contributed by atoms with Gasteiger partial charge in [-0.2, -0.15) is 0 Å². The fourth-order valence-electron chi connectivity index (χ4n) is 1.12. The summed E-state index contributed by atoms with van der Waals surface area (Å²) in [5.41, 5.74) is 0.175. The van der Waals surface area contributed by atoms with Crippen molar-refractivity contribution in [1.29, 1.82) is 0 Å². The van der Waals surface area contributed by atoms with Gasteiger partial charge in [-0.15, -0.1) is 0 Å². The van der Waals surface area contributed by atoms with Crippen molar-refractivity contribution in [2.24, 2.45) is 0 Å². The lowest BCUT2D eigenvalue weighted by atomic mass is 10.1. The van der Waals surface area contributed by atoms with Crippen molar-refractivity contribution in [3.05, 3.63) is 23.0 Å². The predicted molar refractivity (Wildman–Crippen MR) is 52.6 cm³/mol. The fraction of sp³-hybridized carbons (Fsp3) is 0.333. The summed E-state index contributed by atoms with van der Waals surface area (Å²) in [7, 11) is 0. The molecule has 0 radical (unpaired) electrons. The Morgan fingerprint density at radius 1 is 1.67 bits per heavy atom. The Hall–Kier alpha value is -1.33. The molecule has 0 aliphatic heterocycles. The summed E-state index contributed by atoms with van der Waals surface area (Å²) in [6.45, 7) is 1.12. The van der Waals surface area contributed by atoms with Gasteiger partial charge in [0.1, 0.15) is 12.4 Å². The van der Waals surface area contributed by atoms with Crippen LogP contribution in [0.1, 0.15) is 16.8 Å². The summed E-state index contributed by atoms with van der Waals surface area (Å²) >= 11 is 4.99. The molecule has 1 heterocycles. The predicted octanol–water partition coefficient (Wildman–Crippen LogP) is 1.46. The second kappa shape index (κ2) is 4.95. The Morgan fingerprint density at radius 2 is 2.33 bits per heavy atom. The van der Waals surface area contributed by atoms with Crippen molar-refractivity contribution < 1.29 is 19.7 Å². The largest absolute Gasteiger partial charge is 0.506 e. The van der Waals surface area contributed by atoms with E-state index >= 15 is 0 Å². The molecule has 0 aliphatic rings. The highest BCUT2D eigenvalue weighted by atomic mass is 35.5. The summed E-state index contributed by atoms with van der Waals surface area (Å²) in [5.74, 6) is -0.0966. The molecule has 0 spiro atoms. The first kappa shape index (κ1) is 11.7. The van der Waals surface area contributed by atoms with E-state index in [-0.39, 0.29) is 19.0 Å². The molecule has 82 valence electrons. The van der Waals surface area contributed by atoms with Crippen LogP contribution in [0.25, 0.3) is 0 Å². The Bertz CT molecular complexity index is 381. The molecule has 6 heteroatoms. The third-order valence-corrected chi connectivity index (χ3v) is 2.04. The molecule has 0 fully saturated rings. The molecular weight excluding hydrogens is 222 g/mol. The van der Waals surface area contributed by atoms with Crippen molar-refractivity contribution in [1.82, 2.24) is 4.98 Å². The Kier molecular flexibility index (Phi) is 3.88. The highest BCUT2D eigenvalue weighted by Crippen LogP contribution is 2.24. The van der Waals surface area contributed by atoms with Gasteiger partial charge in [-0.3, -0.25) is 4.98 Å². The average Bonchev–Trinajstić information content (AvgIpc) is 2.19. The van der Waals surface area contributed by atoms with Gasteiger partial charge in [-0.05, 0) is 6.92 Å². The lowest BCUT2D eigenvalue weighted by Crippen LogP contribution is -2.02. The van der Waals surface area contributed by atoms with Crippen LogP contribution in [0.2, 0.25) is 0 Å². The topological polar surface area (TPSA) is 79.7 Å². The Labute approximate surface area is 91.3 Å². The van der Waals surface area contributed by atoms with E-state index in [0.717, 1.165) is 0 Å². The quantitative estimate of drug-likeness (QED) is 0.770. The monoisotopic (exact) mass is 231 g/mol. The SMILES string of the molecule is Cc1ncc(COC(=O)Cl)c(CO)c1O. The standard InChI is InChI=1S/C9H10ClNO4/c1-5-8(13)7(3-12)6(2-11-5)4-15-9(10)14/h2,12-13H,3-4H2,1H3. The minimum Gasteiger partial charge on any atom is -0.506 e. The van der Waals surface area contributed by atoms with Crippen LogP contribution >= 0.6 is 11.6 Å². The van der Waals surface area contributed by atoms with E-state index in [9.17, 15) is 9.90 Å². The van der Waals surface area contributed by atoms with E-state index in [1.54, 1.807) is 6.92 Å². The molecule has 1 rings (SSSR count). The van der Waals surface area contributed by atoms with Gasteiger partial charge in [0.2, 0.25) is 0 Å². The van der Waals surface area contributed by atoms with Crippen molar-refractivity contribution >= 4 is 17.0 Å². The fourth-order valence-corrected chi connectivity index (χ4v) is 1.17. The smallest absolute Gasteiger partial charge is 0.404 e. The third kappa shape index (κ3) is 2.81. The number of aromatic nitrogens is 1. The molecule has 1 aromatic heterocycles. The molecule has 5 nitrogen and oxygen atoms in total. The third-order valence-electron chi connectivity index (χ3n) is 1.93. The van der Waals surface area contributed by atoms with Crippen molar-refractivity contribution in [2.75, 3.05) is 0 Å². The molecule has 0 aliphatic carbocycles. The number of carbonyl (C=O) groups excluding carboxylic acids is 1. The molecule has 1 aromatic rings. The van der Waals surface area contributed by atoms with Crippen molar-refractivity contribution in [2.45, 2.75) is 20.1 Å². The maximum absolute atomic E-state index is 10.4. The molecule has 15 heavy (non-hydrogen) atoms. The second-order valence-electron chi connectivity index (χ2n) is 2.88.